The second-order valence-electron chi connectivity index (χ2n) is 9.45. The molecule has 1 amide bonds. The first-order valence-corrected chi connectivity index (χ1v) is 12.1. The molecule has 0 radical (unpaired) electrons. The molecule has 4 rings (SSSR count). The van der Waals surface area contributed by atoms with Crippen LogP contribution < -0.4 is 4.74 Å². The number of nitriles is 1. The lowest BCUT2D eigenvalue weighted by atomic mass is 9.98. The Morgan fingerprint density at radius 2 is 2.08 bits per heavy atom. The number of pyridine rings is 2. The first kappa shape index (κ1) is 25.3. The normalized spacial score (nSPS) is 18.6. The number of aliphatic hydroxyl groups excluding tert-OH is 1. The van der Waals surface area contributed by atoms with E-state index >= 15 is 0 Å². The van der Waals surface area contributed by atoms with Gasteiger partial charge in [0, 0.05) is 49.7 Å². The van der Waals surface area contributed by atoms with Gasteiger partial charge in [-0.1, -0.05) is 25.1 Å². The van der Waals surface area contributed by atoms with Crippen molar-refractivity contribution < 1.29 is 14.6 Å². The number of carbonyl (C=O) groups excluding carboxylic acids is 1. The molecule has 8 nitrogen and oxygen atoms in total. The number of hydrogen-bond donors (Lipinski definition) is 1. The Bertz CT molecular complexity index is 1240. The summed E-state index contributed by atoms with van der Waals surface area (Å²) in [5.41, 5.74) is 3.50. The number of ether oxygens (including phenoxy) is 1. The van der Waals surface area contributed by atoms with Crippen LogP contribution in [0.4, 0.5) is 0 Å². The summed E-state index contributed by atoms with van der Waals surface area (Å²) < 4.78 is 6.39. The van der Waals surface area contributed by atoms with Crippen LogP contribution in [-0.4, -0.2) is 69.7 Å². The second kappa shape index (κ2) is 11.3. The Morgan fingerprint density at radius 3 is 2.81 bits per heavy atom. The summed E-state index contributed by atoms with van der Waals surface area (Å²) in [4.78, 5) is 26.3. The average Bonchev–Trinajstić information content (AvgIpc) is 2.90. The lowest BCUT2D eigenvalue weighted by molar-refractivity contribution is 0.0325. The quantitative estimate of drug-likeness (QED) is 0.547. The maximum atomic E-state index is 13.6. The van der Waals surface area contributed by atoms with Gasteiger partial charge in [-0.25, -0.2) is 4.98 Å². The van der Waals surface area contributed by atoms with Gasteiger partial charge in [-0.2, -0.15) is 5.26 Å². The molecule has 0 spiro atoms. The minimum atomic E-state index is -0.356. The van der Waals surface area contributed by atoms with Crippen LogP contribution in [0.3, 0.4) is 0 Å². The number of rotatable bonds is 7. The van der Waals surface area contributed by atoms with Crippen molar-refractivity contribution in [1.82, 2.24) is 19.8 Å². The van der Waals surface area contributed by atoms with Gasteiger partial charge in [-0.15, -0.1) is 0 Å². The van der Waals surface area contributed by atoms with Gasteiger partial charge in [0.05, 0.1) is 24.3 Å². The second-order valence-corrected chi connectivity index (χ2v) is 9.45. The van der Waals surface area contributed by atoms with Gasteiger partial charge in [0.1, 0.15) is 11.7 Å². The van der Waals surface area contributed by atoms with E-state index in [1.165, 1.54) is 0 Å². The van der Waals surface area contributed by atoms with E-state index in [-0.39, 0.29) is 36.5 Å². The maximum absolute atomic E-state index is 13.6. The Labute approximate surface area is 211 Å². The van der Waals surface area contributed by atoms with E-state index in [1.54, 1.807) is 41.6 Å². The number of aliphatic hydroxyl groups is 1. The summed E-state index contributed by atoms with van der Waals surface area (Å²) in [5, 5.41) is 19.2. The van der Waals surface area contributed by atoms with E-state index < -0.39 is 0 Å². The van der Waals surface area contributed by atoms with Crippen LogP contribution in [0.25, 0.3) is 11.1 Å². The van der Waals surface area contributed by atoms with E-state index in [1.807, 2.05) is 38.4 Å². The molecular weight excluding hydrogens is 454 g/mol. The smallest absolute Gasteiger partial charge is 0.259 e. The van der Waals surface area contributed by atoms with Crippen LogP contribution in [0.1, 0.15) is 35.3 Å². The molecule has 1 N–H and O–H groups in total. The van der Waals surface area contributed by atoms with Crippen molar-refractivity contribution in [2.45, 2.75) is 32.5 Å². The van der Waals surface area contributed by atoms with Gasteiger partial charge in [-0.05, 0) is 49.4 Å². The topological polar surface area (TPSA) is 103 Å². The number of aromatic nitrogens is 2. The number of amides is 1. The summed E-state index contributed by atoms with van der Waals surface area (Å²) in [6, 6.07) is 14.7. The molecule has 36 heavy (non-hydrogen) atoms. The third-order valence-corrected chi connectivity index (χ3v) is 6.51. The number of likely N-dealkylation sites (N-methyl/N-ethyl adjacent to an activating group) is 1. The molecule has 186 valence electrons. The molecular formula is C28H31N5O3. The van der Waals surface area contributed by atoms with Crippen molar-refractivity contribution in [3.05, 3.63) is 77.7 Å². The van der Waals surface area contributed by atoms with Crippen LogP contribution in [0.2, 0.25) is 0 Å². The summed E-state index contributed by atoms with van der Waals surface area (Å²) in [5.74, 6) is 0.0502. The largest absolute Gasteiger partial charge is 0.472 e. The van der Waals surface area contributed by atoms with Crippen molar-refractivity contribution in [3.63, 3.8) is 0 Å². The van der Waals surface area contributed by atoms with Crippen LogP contribution in [0.15, 0.2) is 61.1 Å². The molecule has 1 aromatic carbocycles. The van der Waals surface area contributed by atoms with Crippen molar-refractivity contribution >= 4 is 5.91 Å². The standard InChI is InChI=1S/C28H31N5O3/c1-19-15-33(20(2)18-34)28(35)25-11-24(23-8-4-6-21(10-23)12-29)14-31-27(25)36-26(19)17-32(3)16-22-7-5-9-30-13-22/h4-11,13-14,19-20,26,34H,15-18H2,1-3H3/t19-,20-,26+/m0/s1. The first-order valence-electron chi connectivity index (χ1n) is 12.1. The lowest BCUT2D eigenvalue weighted by Crippen LogP contribution is -2.49. The first-order chi connectivity index (χ1) is 17.4. The van der Waals surface area contributed by atoms with Gasteiger partial charge >= 0.3 is 0 Å². The van der Waals surface area contributed by atoms with E-state index in [2.05, 4.69) is 27.9 Å². The Balaban J connectivity index is 1.67. The fourth-order valence-electron chi connectivity index (χ4n) is 4.42. The number of benzene rings is 1. The zero-order chi connectivity index (χ0) is 25.7. The number of nitrogens with zero attached hydrogens (tertiary/aromatic N) is 5. The third-order valence-electron chi connectivity index (χ3n) is 6.51. The van der Waals surface area contributed by atoms with Crippen molar-refractivity contribution in [2.75, 3.05) is 26.7 Å². The number of carbonyl (C=O) groups is 1. The molecule has 0 unspecified atom stereocenters. The highest BCUT2D eigenvalue weighted by atomic mass is 16.5. The minimum Gasteiger partial charge on any atom is -0.472 e. The molecule has 0 bridgehead atoms. The van der Waals surface area contributed by atoms with Crippen LogP contribution >= 0.6 is 0 Å². The maximum Gasteiger partial charge on any atom is 0.259 e. The molecule has 2 aromatic heterocycles. The zero-order valence-electron chi connectivity index (χ0n) is 20.8. The molecule has 1 aliphatic heterocycles. The third kappa shape index (κ3) is 5.70. The fourth-order valence-corrected chi connectivity index (χ4v) is 4.42. The van der Waals surface area contributed by atoms with E-state index in [0.29, 0.717) is 30.8 Å². The molecule has 0 saturated carbocycles. The zero-order valence-corrected chi connectivity index (χ0v) is 20.8. The van der Waals surface area contributed by atoms with Crippen molar-refractivity contribution in [1.29, 1.82) is 5.26 Å². The summed E-state index contributed by atoms with van der Waals surface area (Å²) in [6.45, 7) is 5.53. The van der Waals surface area contributed by atoms with Gasteiger partial charge in [0.2, 0.25) is 5.88 Å². The van der Waals surface area contributed by atoms with Crippen LogP contribution in [0, 0.1) is 17.2 Å². The van der Waals surface area contributed by atoms with Crippen molar-refractivity contribution in [3.8, 4) is 23.1 Å². The molecule has 3 heterocycles. The van der Waals surface area contributed by atoms with Gasteiger partial charge < -0.3 is 14.7 Å². The van der Waals surface area contributed by atoms with Crippen molar-refractivity contribution in [2.24, 2.45) is 5.92 Å². The summed E-state index contributed by atoms with van der Waals surface area (Å²) in [6.07, 6.45) is 5.05. The Hall–Kier alpha value is -3.80. The molecule has 3 aromatic rings. The van der Waals surface area contributed by atoms with E-state index in [0.717, 1.165) is 16.7 Å². The predicted octanol–water partition coefficient (Wildman–Crippen LogP) is 3.37. The van der Waals surface area contributed by atoms with Gasteiger partial charge in [0.25, 0.3) is 5.91 Å². The van der Waals surface area contributed by atoms with Gasteiger partial charge in [-0.3, -0.25) is 14.7 Å². The number of fused-ring (bicyclic) bond motifs is 1. The summed E-state index contributed by atoms with van der Waals surface area (Å²) in [7, 11) is 2.03. The van der Waals surface area contributed by atoms with E-state index in [4.69, 9.17) is 4.74 Å². The van der Waals surface area contributed by atoms with E-state index in [9.17, 15) is 15.2 Å². The van der Waals surface area contributed by atoms with Crippen LogP contribution in [0.5, 0.6) is 5.88 Å². The molecule has 0 aliphatic carbocycles. The highest BCUT2D eigenvalue weighted by Gasteiger charge is 2.34. The SMILES string of the molecule is C[C@H]1CN([C@@H](C)CO)C(=O)c2cc(-c3cccc(C#N)c3)cnc2O[C@@H]1CN(C)Cc1cccnc1. The van der Waals surface area contributed by atoms with Crippen LogP contribution in [-0.2, 0) is 6.54 Å². The molecule has 1 aliphatic rings. The predicted molar refractivity (Wildman–Crippen MR) is 136 cm³/mol. The monoisotopic (exact) mass is 485 g/mol. The molecule has 8 heteroatoms. The Kier molecular flexibility index (Phi) is 7.93. The lowest BCUT2D eigenvalue weighted by Gasteiger charge is -2.37. The fraction of sp³-hybridized carbons (Fsp3) is 0.357. The molecule has 0 fully saturated rings. The highest BCUT2D eigenvalue weighted by molar-refractivity contribution is 5.98. The minimum absolute atomic E-state index is 0.00114. The molecule has 3 atom stereocenters. The average molecular weight is 486 g/mol. The highest BCUT2D eigenvalue weighted by Crippen LogP contribution is 2.30. The Morgan fingerprint density at radius 1 is 1.25 bits per heavy atom. The summed E-state index contributed by atoms with van der Waals surface area (Å²) >= 11 is 0. The van der Waals surface area contributed by atoms with Gasteiger partial charge in [0.15, 0.2) is 0 Å². The molecule has 0 saturated heterocycles. The number of hydrogen-bond acceptors (Lipinski definition) is 7.